The van der Waals surface area contributed by atoms with Crippen molar-refractivity contribution in [3.05, 3.63) is 52.1 Å². The maximum atomic E-state index is 12.6. The number of nitrogens with two attached hydrogens (primary N) is 1. The fourth-order valence-corrected chi connectivity index (χ4v) is 2.96. The van der Waals surface area contributed by atoms with Gasteiger partial charge in [-0.05, 0) is 30.7 Å². The number of nitrogens with zero attached hydrogens (tertiary/aromatic N) is 2. The Morgan fingerprint density at radius 1 is 1.33 bits per heavy atom. The molecule has 2 heterocycles. The largest absolute Gasteiger partial charge is 0.366 e. The number of primary amides is 1. The van der Waals surface area contributed by atoms with Crippen molar-refractivity contribution in [2.24, 2.45) is 5.73 Å². The summed E-state index contributed by atoms with van der Waals surface area (Å²) in [6, 6.07) is 8.10. The fraction of sp³-hybridized carbons (Fsp3) is 0.188. The number of carbonyl (C=O) groups is 2. The molecule has 0 spiro atoms. The summed E-state index contributed by atoms with van der Waals surface area (Å²) in [5.41, 5.74) is 6.15. The summed E-state index contributed by atoms with van der Waals surface area (Å²) in [6.07, 6.45) is 1.92. The van der Waals surface area contributed by atoms with Gasteiger partial charge in [-0.25, -0.2) is 4.98 Å². The standard InChI is InChI=1S/C16H14Cl2N4O2/c17-10-2-1-3-11(7-10)22-5-4-13(16(22)24)21-15-12(18)6-9(8-20-15)14(19)23/h1-3,6-8,13H,4-5H2,(H2,19,23)(H,20,21). The molecule has 2 aromatic rings. The molecule has 3 N–H and O–H groups in total. The number of anilines is 2. The molecule has 0 saturated carbocycles. The number of carbonyl (C=O) groups excluding carboxylic acids is 2. The second-order valence-electron chi connectivity index (χ2n) is 5.37. The highest BCUT2D eigenvalue weighted by atomic mass is 35.5. The van der Waals surface area contributed by atoms with Gasteiger partial charge in [0.1, 0.15) is 11.9 Å². The number of benzene rings is 1. The molecule has 1 aromatic heterocycles. The van der Waals surface area contributed by atoms with E-state index in [4.69, 9.17) is 28.9 Å². The molecule has 1 aliphatic rings. The van der Waals surface area contributed by atoms with Crippen molar-refractivity contribution in [3.63, 3.8) is 0 Å². The van der Waals surface area contributed by atoms with Gasteiger partial charge in [-0.3, -0.25) is 9.59 Å². The van der Waals surface area contributed by atoms with Crippen LogP contribution in [-0.2, 0) is 4.79 Å². The lowest BCUT2D eigenvalue weighted by atomic mass is 10.2. The highest BCUT2D eigenvalue weighted by molar-refractivity contribution is 6.33. The van der Waals surface area contributed by atoms with Crippen molar-refractivity contribution in [2.75, 3.05) is 16.8 Å². The minimum Gasteiger partial charge on any atom is -0.366 e. The lowest BCUT2D eigenvalue weighted by Gasteiger charge is -2.18. The number of aromatic nitrogens is 1. The van der Waals surface area contributed by atoms with Crippen LogP contribution in [0, 0.1) is 0 Å². The van der Waals surface area contributed by atoms with E-state index in [1.54, 1.807) is 23.1 Å². The number of rotatable bonds is 4. The maximum absolute atomic E-state index is 12.6. The summed E-state index contributed by atoms with van der Waals surface area (Å²) in [5.74, 6) is -0.359. The van der Waals surface area contributed by atoms with Crippen LogP contribution >= 0.6 is 23.2 Å². The van der Waals surface area contributed by atoms with E-state index in [1.165, 1.54) is 12.3 Å². The monoisotopic (exact) mass is 364 g/mol. The zero-order valence-corrected chi connectivity index (χ0v) is 14.0. The van der Waals surface area contributed by atoms with Crippen LogP contribution in [0.15, 0.2) is 36.5 Å². The molecular weight excluding hydrogens is 351 g/mol. The summed E-state index contributed by atoms with van der Waals surface area (Å²) in [5, 5.41) is 3.83. The van der Waals surface area contributed by atoms with Gasteiger partial charge in [-0.15, -0.1) is 0 Å². The molecule has 0 bridgehead atoms. The van der Waals surface area contributed by atoms with E-state index in [2.05, 4.69) is 10.3 Å². The highest BCUT2D eigenvalue weighted by Gasteiger charge is 2.33. The molecule has 3 rings (SSSR count). The molecule has 0 aliphatic carbocycles. The molecule has 124 valence electrons. The van der Waals surface area contributed by atoms with Gasteiger partial charge in [-0.2, -0.15) is 0 Å². The summed E-state index contributed by atoms with van der Waals surface area (Å²) in [6.45, 7) is 0.563. The number of nitrogens with one attached hydrogen (secondary N) is 1. The van der Waals surface area contributed by atoms with Crippen LogP contribution in [0.2, 0.25) is 10.0 Å². The van der Waals surface area contributed by atoms with Gasteiger partial charge in [0.25, 0.3) is 0 Å². The Morgan fingerprint density at radius 3 is 2.79 bits per heavy atom. The Kier molecular flexibility index (Phi) is 4.59. The smallest absolute Gasteiger partial charge is 0.250 e. The van der Waals surface area contributed by atoms with Crippen LogP contribution in [0.5, 0.6) is 0 Å². The number of pyridine rings is 1. The van der Waals surface area contributed by atoms with Gasteiger partial charge in [-0.1, -0.05) is 29.3 Å². The summed E-state index contributed by atoms with van der Waals surface area (Å²) >= 11 is 12.1. The highest BCUT2D eigenvalue weighted by Crippen LogP contribution is 2.27. The normalized spacial score (nSPS) is 17.2. The summed E-state index contributed by atoms with van der Waals surface area (Å²) in [4.78, 5) is 29.4. The van der Waals surface area contributed by atoms with E-state index in [9.17, 15) is 9.59 Å². The Bertz CT molecular complexity index is 812. The van der Waals surface area contributed by atoms with Crippen LogP contribution in [-0.4, -0.2) is 29.4 Å². The van der Waals surface area contributed by atoms with Crippen LogP contribution in [0.4, 0.5) is 11.5 Å². The molecule has 8 heteroatoms. The number of hydrogen-bond acceptors (Lipinski definition) is 4. The fourth-order valence-electron chi connectivity index (χ4n) is 2.56. The van der Waals surface area contributed by atoms with E-state index in [1.807, 2.05) is 6.07 Å². The molecule has 1 saturated heterocycles. The van der Waals surface area contributed by atoms with Gasteiger partial charge in [0, 0.05) is 23.5 Å². The second-order valence-corrected chi connectivity index (χ2v) is 6.22. The molecule has 24 heavy (non-hydrogen) atoms. The van der Waals surface area contributed by atoms with Gasteiger partial charge in [0.15, 0.2) is 0 Å². The van der Waals surface area contributed by atoms with Crippen LogP contribution in [0.3, 0.4) is 0 Å². The Hall–Kier alpha value is -2.31. The SMILES string of the molecule is NC(=O)c1cnc(NC2CCN(c3cccc(Cl)c3)C2=O)c(Cl)c1. The topological polar surface area (TPSA) is 88.3 Å². The lowest BCUT2D eigenvalue weighted by Crippen LogP contribution is -2.33. The first-order valence-corrected chi connectivity index (χ1v) is 8.00. The lowest BCUT2D eigenvalue weighted by molar-refractivity contribution is -0.117. The number of amides is 2. The van der Waals surface area contributed by atoms with Crippen molar-refractivity contribution in [2.45, 2.75) is 12.5 Å². The molecule has 1 aliphatic heterocycles. The van der Waals surface area contributed by atoms with Crippen molar-refractivity contribution < 1.29 is 9.59 Å². The molecule has 1 aromatic carbocycles. The first-order valence-electron chi connectivity index (χ1n) is 7.24. The first kappa shape index (κ1) is 16.5. The zero-order chi connectivity index (χ0) is 17.3. The number of hydrogen-bond donors (Lipinski definition) is 2. The molecule has 1 atom stereocenters. The molecule has 1 unspecified atom stereocenters. The van der Waals surface area contributed by atoms with E-state index in [-0.39, 0.29) is 16.5 Å². The van der Waals surface area contributed by atoms with Gasteiger partial charge < -0.3 is 16.0 Å². The molecule has 0 radical (unpaired) electrons. The molecule has 2 amide bonds. The molecule has 6 nitrogen and oxygen atoms in total. The minimum atomic E-state index is -0.611. The van der Waals surface area contributed by atoms with Crippen molar-refractivity contribution >= 4 is 46.5 Å². The first-order chi connectivity index (χ1) is 11.5. The predicted octanol–water partition coefficient (Wildman–Crippen LogP) is 2.70. The average Bonchev–Trinajstić information content (AvgIpc) is 2.90. The predicted molar refractivity (Wildman–Crippen MR) is 93.6 cm³/mol. The molecule has 1 fully saturated rings. The Morgan fingerprint density at radius 2 is 2.12 bits per heavy atom. The van der Waals surface area contributed by atoms with Gasteiger partial charge >= 0.3 is 0 Å². The van der Waals surface area contributed by atoms with E-state index in [0.29, 0.717) is 23.8 Å². The minimum absolute atomic E-state index is 0.0888. The zero-order valence-electron chi connectivity index (χ0n) is 12.5. The van der Waals surface area contributed by atoms with E-state index < -0.39 is 11.9 Å². The van der Waals surface area contributed by atoms with Crippen molar-refractivity contribution in [1.82, 2.24) is 4.98 Å². The van der Waals surface area contributed by atoms with Crippen molar-refractivity contribution in [3.8, 4) is 0 Å². The van der Waals surface area contributed by atoms with Crippen LogP contribution in [0.25, 0.3) is 0 Å². The Balaban J connectivity index is 1.75. The van der Waals surface area contributed by atoms with Gasteiger partial charge in [0.05, 0.1) is 10.6 Å². The molecular formula is C16H14Cl2N4O2. The number of halogens is 2. The van der Waals surface area contributed by atoms with Crippen LogP contribution < -0.4 is 16.0 Å². The quantitative estimate of drug-likeness (QED) is 0.872. The van der Waals surface area contributed by atoms with Gasteiger partial charge in [0.2, 0.25) is 11.8 Å². The third-order valence-electron chi connectivity index (χ3n) is 3.76. The summed E-state index contributed by atoms with van der Waals surface area (Å²) < 4.78 is 0. The third-order valence-corrected chi connectivity index (χ3v) is 4.29. The average molecular weight is 365 g/mol. The van der Waals surface area contributed by atoms with Crippen LogP contribution in [0.1, 0.15) is 16.8 Å². The second kappa shape index (κ2) is 6.67. The van der Waals surface area contributed by atoms with Crippen molar-refractivity contribution in [1.29, 1.82) is 0 Å². The van der Waals surface area contributed by atoms with E-state index >= 15 is 0 Å². The third kappa shape index (κ3) is 3.29. The maximum Gasteiger partial charge on any atom is 0.250 e. The summed E-state index contributed by atoms with van der Waals surface area (Å²) in [7, 11) is 0. The Labute approximate surface area is 148 Å². The van der Waals surface area contributed by atoms with E-state index in [0.717, 1.165) is 5.69 Å².